The third-order valence-corrected chi connectivity index (χ3v) is 6.45. The molecule has 3 nitrogen and oxygen atoms in total. The van der Waals surface area contributed by atoms with Crippen molar-refractivity contribution in [2.45, 2.75) is 69.6 Å². The summed E-state index contributed by atoms with van der Waals surface area (Å²) in [6, 6.07) is 21.2. The number of rotatable bonds is 2. The lowest BCUT2D eigenvalue weighted by molar-refractivity contribution is -0.137. The molecule has 0 bridgehead atoms. The van der Waals surface area contributed by atoms with Gasteiger partial charge in [-0.2, -0.15) is 0 Å². The summed E-state index contributed by atoms with van der Waals surface area (Å²) in [6.07, 6.45) is 0.939. The number of hydrogen-bond acceptors (Lipinski definition) is 2. The molecule has 2 saturated heterocycles. The molecule has 0 aliphatic carbocycles. The third-order valence-electron chi connectivity index (χ3n) is 6.45. The topological polar surface area (TPSA) is 32.3 Å². The van der Waals surface area contributed by atoms with E-state index in [1.807, 2.05) is 24.3 Å². The fourth-order valence-corrected chi connectivity index (χ4v) is 5.94. The molecule has 27 heavy (non-hydrogen) atoms. The monoisotopic (exact) mass is 362 g/mol. The van der Waals surface area contributed by atoms with Crippen LogP contribution in [-0.2, 0) is 10.3 Å². The Bertz CT molecular complexity index is 842. The van der Waals surface area contributed by atoms with E-state index in [1.165, 1.54) is 5.56 Å². The van der Waals surface area contributed by atoms with Crippen LogP contribution in [0.1, 0.15) is 58.1 Å². The Morgan fingerprint density at radius 2 is 1.56 bits per heavy atom. The van der Waals surface area contributed by atoms with Gasteiger partial charge in [0.1, 0.15) is 0 Å². The Morgan fingerprint density at radius 1 is 1.00 bits per heavy atom. The quantitative estimate of drug-likeness (QED) is 0.856. The van der Waals surface area contributed by atoms with Gasteiger partial charge in [0.15, 0.2) is 0 Å². The van der Waals surface area contributed by atoms with Gasteiger partial charge in [0.25, 0.3) is 0 Å². The summed E-state index contributed by atoms with van der Waals surface area (Å²) in [5.74, 6) is -0.0188. The normalized spacial score (nSPS) is 33.4. The minimum Gasteiger partial charge on any atom is -0.330 e. The van der Waals surface area contributed by atoms with Crippen molar-refractivity contribution in [1.29, 1.82) is 0 Å². The van der Waals surface area contributed by atoms with E-state index < -0.39 is 5.54 Å². The second kappa shape index (κ2) is 5.93. The summed E-state index contributed by atoms with van der Waals surface area (Å²) >= 11 is 0. The Hall–Kier alpha value is -2.13. The molecule has 142 valence electrons. The first kappa shape index (κ1) is 18.2. The molecule has 2 aliphatic rings. The van der Waals surface area contributed by atoms with Gasteiger partial charge in [-0.3, -0.25) is 4.79 Å². The lowest BCUT2D eigenvalue weighted by Crippen LogP contribution is -2.60. The van der Waals surface area contributed by atoms with Crippen LogP contribution in [0, 0.1) is 0 Å². The van der Waals surface area contributed by atoms with Gasteiger partial charge in [-0.05, 0) is 52.2 Å². The smallest absolute Gasteiger partial charge is 0.233 e. The number of likely N-dealkylation sites (tertiary alicyclic amines) is 1. The molecule has 2 fully saturated rings. The summed E-state index contributed by atoms with van der Waals surface area (Å²) in [5, 5.41) is 3.90. The van der Waals surface area contributed by atoms with E-state index in [2.05, 4.69) is 81.2 Å². The van der Waals surface area contributed by atoms with Gasteiger partial charge in [-0.1, -0.05) is 60.7 Å². The molecule has 2 aromatic rings. The number of nitrogens with one attached hydrogen (secondary N) is 1. The minimum absolute atomic E-state index is 0.222. The van der Waals surface area contributed by atoms with Crippen molar-refractivity contribution in [2.75, 3.05) is 0 Å². The van der Waals surface area contributed by atoms with E-state index in [0.29, 0.717) is 6.04 Å². The van der Waals surface area contributed by atoms with Crippen LogP contribution in [0.5, 0.6) is 0 Å². The van der Waals surface area contributed by atoms with Crippen molar-refractivity contribution >= 4 is 5.91 Å². The molecule has 3 heteroatoms. The zero-order valence-electron chi connectivity index (χ0n) is 17.0. The van der Waals surface area contributed by atoms with Crippen molar-refractivity contribution < 1.29 is 4.79 Å². The highest BCUT2D eigenvalue weighted by Gasteiger charge is 2.71. The summed E-state index contributed by atoms with van der Waals surface area (Å²) in [6.45, 7) is 11.0. The number of fused-ring (bicyclic) bond motifs is 1. The molecular weight excluding hydrogens is 332 g/mol. The molecule has 1 amide bonds. The lowest BCUT2D eigenvalue weighted by Gasteiger charge is -2.48. The zero-order chi connectivity index (χ0) is 19.4. The number of benzene rings is 2. The van der Waals surface area contributed by atoms with Gasteiger partial charge >= 0.3 is 0 Å². The number of carbonyl (C=O) groups excluding carboxylic acids is 1. The van der Waals surface area contributed by atoms with Crippen LogP contribution in [0.15, 0.2) is 60.7 Å². The number of amides is 1. The number of nitrogens with zero attached hydrogens (tertiary/aromatic N) is 1. The minimum atomic E-state index is -0.445. The van der Waals surface area contributed by atoms with Gasteiger partial charge < -0.3 is 10.2 Å². The van der Waals surface area contributed by atoms with Crippen molar-refractivity contribution in [3.05, 3.63) is 71.8 Å². The van der Waals surface area contributed by atoms with E-state index in [1.54, 1.807) is 0 Å². The zero-order valence-corrected chi connectivity index (χ0v) is 17.0. The summed E-state index contributed by atoms with van der Waals surface area (Å²) < 4.78 is 0. The molecule has 1 N–H and O–H groups in total. The summed E-state index contributed by atoms with van der Waals surface area (Å²) in [5.41, 5.74) is 1.29. The van der Waals surface area contributed by atoms with Crippen LogP contribution < -0.4 is 5.32 Å². The SMILES string of the molecule is C[C@H]1C[C@]2(C)N(C(C)(C)C)C(=O)[C@H](c3ccccc3)[C@]2(c2ccccc2)N1. The average molecular weight is 363 g/mol. The number of hydrogen-bond donors (Lipinski definition) is 1. The predicted molar refractivity (Wildman–Crippen MR) is 110 cm³/mol. The Balaban J connectivity index is 2.04. The van der Waals surface area contributed by atoms with Gasteiger partial charge in [0.2, 0.25) is 5.91 Å². The number of carbonyl (C=O) groups is 1. The van der Waals surface area contributed by atoms with Crippen LogP contribution in [0.25, 0.3) is 0 Å². The van der Waals surface area contributed by atoms with Crippen molar-refractivity contribution in [3.8, 4) is 0 Å². The van der Waals surface area contributed by atoms with Gasteiger partial charge in [0.05, 0.1) is 17.0 Å². The fraction of sp³-hybridized carbons (Fsp3) is 0.458. The molecule has 0 unspecified atom stereocenters. The van der Waals surface area contributed by atoms with Crippen LogP contribution in [0.4, 0.5) is 0 Å². The highest BCUT2D eigenvalue weighted by Crippen LogP contribution is 2.60. The van der Waals surface area contributed by atoms with Crippen molar-refractivity contribution in [3.63, 3.8) is 0 Å². The Morgan fingerprint density at radius 3 is 2.11 bits per heavy atom. The van der Waals surface area contributed by atoms with E-state index in [4.69, 9.17) is 0 Å². The standard InChI is InChI=1S/C24H30N2O/c1-17-16-23(5)24(25-17,19-14-10-7-11-15-19)20(18-12-8-6-9-13-18)21(27)26(23)22(2,3)4/h6-15,17,20,25H,16H2,1-5H3/t17-,20-,23-,24-/m0/s1. The maximum absolute atomic E-state index is 13.9. The largest absolute Gasteiger partial charge is 0.330 e. The highest BCUT2D eigenvalue weighted by atomic mass is 16.2. The van der Waals surface area contributed by atoms with Crippen molar-refractivity contribution in [1.82, 2.24) is 10.2 Å². The van der Waals surface area contributed by atoms with Crippen LogP contribution in [-0.4, -0.2) is 27.9 Å². The third kappa shape index (κ3) is 2.41. The molecular formula is C24H30N2O. The van der Waals surface area contributed by atoms with E-state index in [-0.39, 0.29) is 22.9 Å². The molecule has 2 aliphatic heterocycles. The molecule has 0 saturated carbocycles. The fourth-order valence-electron chi connectivity index (χ4n) is 5.94. The summed E-state index contributed by atoms with van der Waals surface area (Å²) in [4.78, 5) is 16.1. The molecule has 4 rings (SSSR count). The maximum atomic E-state index is 13.9. The molecule has 2 aromatic carbocycles. The molecule has 4 atom stereocenters. The van der Waals surface area contributed by atoms with Gasteiger partial charge in [0, 0.05) is 11.6 Å². The lowest BCUT2D eigenvalue weighted by atomic mass is 9.67. The average Bonchev–Trinajstić information content (AvgIpc) is 2.97. The molecule has 2 heterocycles. The van der Waals surface area contributed by atoms with E-state index in [9.17, 15) is 4.79 Å². The Kier molecular flexibility index (Phi) is 4.01. The molecule has 0 radical (unpaired) electrons. The second-order valence-electron chi connectivity index (χ2n) is 9.39. The first-order valence-electron chi connectivity index (χ1n) is 9.94. The van der Waals surface area contributed by atoms with Crippen molar-refractivity contribution in [2.24, 2.45) is 0 Å². The first-order chi connectivity index (χ1) is 12.7. The molecule has 0 spiro atoms. The Labute approximate surface area is 162 Å². The van der Waals surface area contributed by atoms with Crippen LogP contribution in [0.2, 0.25) is 0 Å². The van der Waals surface area contributed by atoms with Gasteiger partial charge in [-0.25, -0.2) is 0 Å². The summed E-state index contributed by atoms with van der Waals surface area (Å²) in [7, 11) is 0. The van der Waals surface area contributed by atoms with E-state index >= 15 is 0 Å². The predicted octanol–water partition coefficient (Wildman–Crippen LogP) is 4.45. The highest BCUT2D eigenvalue weighted by molar-refractivity contribution is 5.91. The van der Waals surface area contributed by atoms with Gasteiger partial charge in [-0.15, -0.1) is 0 Å². The van der Waals surface area contributed by atoms with E-state index in [0.717, 1.165) is 12.0 Å². The first-order valence-corrected chi connectivity index (χ1v) is 9.94. The van der Waals surface area contributed by atoms with Crippen LogP contribution in [0.3, 0.4) is 0 Å². The molecule has 0 aromatic heterocycles. The van der Waals surface area contributed by atoms with Crippen LogP contribution >= 0.6 is 0 Å². The second-order valence-corrected chi connectivity index (χ2v) is 9.39. The maximum Gasteiger partial charge on any atom is 0.233 e.